The Hall–Kier alpha value is -2.88. The van der Waals surface area contributed by atoms with Gasteiger partial charge in [-0.2, -0.15) is 5.10 Å². The highest BCUT2D eigenvalue weighted by atomic mass is 16.5. The number of esters is 1. The molecule has 0 amide bonds. The lowest BCUT2D eigenvalue weighted by Gasteiger charge is -2.05. The number of nitrogens with one attached hydrogen (secondary N) is 1. The first-order valence-electron chi connectivity index (χ1n) is 7.10. The largest absolute Gasteiger partial charge is 0.456 e. The molecule has 2 aromatic carbocycles. The van der Waals surface area contributed by atoms with E-state index in [-0.39, 0.29) is 12.6 Å². The number of hydrogen-bond acceptors (Lipinski definition) is 3. The summed E-state index contributed by atoms with van der Waals surface area (Å²) in [5.74, 6) is -0.382. The highest BCUT2D eigenvalue weighted by Gasteiger charge is 2.15. The van der Waals surface area contributed by atoms with E-state index in [1.165, 1.54) is 0 Å². The molecule has 3 aromatic rings. The van der Waals surface area contributed by atoms with Gasteiger partial charge in [0.15, 0.2) is 0 Å². The van der Waals surface area contributed by atoms with Gasteiger partial charge in [-0.15, -0.1) is 0 Å². The first-order chi connectivity index (χ1) is 10.8. The lowest BCUT2D eigenvalue weighted by molar-refractivity contribution is 0.0464. The van der Waals surface area contributed by atoms with Crippen LogP contribution in [0.2, 0.25) is 0 Å². The van der Waals surface area contributed by atoms with E-state index in [1.54, 1.807) is 6.20 Å². The molecule has 0 aliphatic heterocycles. The zero-order valence-electron chi connectivity index (χ0n) is 12.0. The van der Waals surface area contributed by atoms with Crippen molar-refractivity contribution in [1.82, 2.24) is 10.2 Å². The van der Waals surface area contributed by atoms with Crippen molar-refractivity contribution < 1.29 is 9.53 Å². The fourth-order valence-electron chi connectivity index (χ4n) is 2.23. The molecule has 0 saturated heterocycles. The molecule has 22 heavy (non-hydrogen) atoms. The van der Waals surface area contributed by atoms with E-state index in [9.17, 15) is 4.79 Å². The van der Waals surface area contributed by atoms with Crippen molar-refractivity contribution in [2.75, 3.05) is 0 Å². The number of hydrogen-bond donors (Lipinski definition) is 1. The van der Waals surface area contributed by atoms with Gasteiger partial charge < -0.3 is 4.74 Å². The molecule has 0 unspecified atom stereocenters. The molecule has 0 bridgehead atoms. The van der Waals surface area contributed by atoms with E-state index in [0.717, 1.165) is 16.7 Å². The summed E-state index contributed by atoms with van der Waals surface area (Å²) in [4.78, 5) is 12.2. The normalized spacial score (nSPS) is 10.4. The predicted octanol–water partition coefficient (Wildman–Crippen LogP) is 3.36. The Morgan fingerprint density at radius 3 is 2.27 bits per heavy atom. The molecule has 3 rings (SSSR count). The van der Waals surface area contributed by atoms with Crippen molar-refractivity contribution in [3.8, 4) is 0 Å². The maximum absolute atomic E-state index is 12.2. The molecular weight excluding hydrogens is 276 g/mol. The van der Waals surface area contributed by atoms with Crippen LogP contribution in [-0.2, 0) is 17.8 Å². The first kappa shape index (κ1) is 14.1. The second-order valence-corrected chi connectivity index (χ2v) is 4.99. The number of aromatic amines is 1. The van der Waals surface area contributed by atoms with Crippen molar-refractivity contribution in [2.45, 2.75) is 13.0 Å². The molecule has 4 nitrogen and oxygen atoms in total. The molecule has 4 heteroatoms. The molecule has 110 valence electrons. The van der Waals surface area contributed by atoms with E-state index in [2.05, 4.69) is 10.2 Å². The van der Waals surface area contributed by atoms with Gasteiger partial charge in [0.2, 0.25) is 0 Å². The Morgan fingerprint density at radius 1 is 0.955 bits per heavy atom. The molecule has 1 aromatic heterocycles. The fraction of sp³-hybridized carbons (Fsp3) is 0.111. The number of aromatic nitrogens is 2. The third-order valence-electron chi connectivity index (χ3n) is 3.37. The molecule has 0 atom stereocenters. The maximum atomic E-state index is 12.2. The fourth-order valence-corrected chi connectivity index (χ4v) is 2.23. The van der Waals surface area contributed by atoms with Crippen LogP contribution in [-0.4, -0.2) is 16.2 Å². The van der Waals surface area contributed by atoms with Crippen LogP contribution in [0.25, 0.3) is 0 Å². The molecule has 1 heterocycles. The summed E-state index contributed by atoms with van der Waals surface area (Å²) in [6.45, 7) is 0.253. The van der Waals surface area contributed by atoms with Gasteiger partial charge in [-0.1, -0.05) is 60.7 Å². The van der Waals surface area contributed by atoms with Gasteiger partial charge in [-0.05, 0) is 11.1 Å². The van der Waals surface area contributed by atoms with Crippen molar-refractivity contribution >= 4 is 5.97 Å². The minimum Gasteiger partial charge on any atom is -0.456 e. The molecule has 0 aliphatic carbocycles. The predicted molar refractivity (Wildman–Crippen MR) is 83.4 cm³/mol. The topological polar surface area (TPSA) is 55.0 Å². The molecule has 0 fully saturated rings. The molecule has 0 radical (unpaired) electrons. The summed E-state index contributed by atoms with van der Waals surface area (Å²) in [6, 6.07) is 19.6. The third-order valence-corrected chi connectivity index (χ3v) is 3.37. The Morgan fingerprint density at radius 2 is 1.59 bits per heavy atom. The summed E-state index contributed by atoms with van der Waals surface area (Å²) in [6.07, 6.45) is 2.32. The average molecular weight is 292 g/mol. The van der Waals surface area contributed by atoms with Gasteiger partial charge in [-0.25, -0.2) is 4.79 Å². The maximum Gasteiger partial charge on any atom is 0.356 e. The van der Waals surface area contributed by atoms with E-state index < -0.39 is 0 Å². The van der Waals surface area contributed by atoms with E-state index >= 15 is 0 Å². The van der Waals surface area contributed by atoms with Crippen LogP contribution >= 0.6 is 0 Å². The van der Waals surface area contributed by atoms with Crippen LogP contribution in [0.1, 0.15) is 27.2 Å². The number of benzene rings is 2. The Bertz CT molecular complexity index is 736. The van der Waals surface area contributed by atoms with Crippen LogP contribution in [0.5, 0.6) is 0 Å². The number of carbonyl (C=O) groups is 1. The van der Waals surface area contributed by atoms with Crippen molar-refractivity contribution in [3.05, 3.63) is 89.2 Å². The van der Waals surface area contributed by atoms with Crippen LogP contribution < -0.4 is 0 Å². The lowest BCUT2D eigenvalue weighted by Crippen LogP contribution is -2.08. The standard InChI is InChI=1S/C18H16N2O2/c21-18(22-13-15-9-5-2-6-10-15)17-16(12-19-20-17)11-14-7-3-1-4-8-14/h1-10,12H,11,13H2,(H,19,20). The van der Waals surface area contributed by atoms with Gasteiger partial charge in [-0.3, -0.25) is 5.10 Å². The molecule has 0 aliphatic rings. The number of carbonyl (C=O) groups excluding carboxylic acids is 1. The quantitative estimate of drug-likeness (QED) is 0.734. The van der Waals surface area contributed by atoms with Crippen LogP contribution in [0, 0.1) is 0 Å². The highest BCUT2D eigenvalue weighted by Crippen LogP contribution is 2.14. The van der Waals surface area contributed by atoms with Gasteiger partial charge in [0.05, 0.1) is 6.20 Å². The summed E-state index contributed by atoms with van der Waals surface area (Å²) >= 11 is 0. The van der Waals surface area contributed by atoms with E-state index in [4.69, 9.17) is 4.74 Å². The Balaban J connectivity index is 1.67. The molecular formula is C18H16N2O2. The minimum atomic E-state index is -0.382. The first-order valence-corrected chi connectivity index (χ1v) is 7.10. The average Bonchev–Trinajstić information content (AvgIpc) is 3.03. The minimum absolute atomic E-state index is 0.253. The van der Waals surface area contributed by atoms with Gasteiger partial charge in [0.1, 0.15) is 12.3 Å². The second-order valence-electron chi connectivity index (χ2n) is 4.99. The van der Waals surface area contributed by atoms with Crippen LogP contribution in [0.3, 0.4) is 0 Å². The smallest absolute Gasteiger partial charge is 0.356 e. The van der Waals surface area contributed by atoms with Crippen molar-refractivity contribution in [3.63, 3.8) is 0 Å². The summed E-state index contributed by atoms with van der Waals surface area (Å²) in [5, 5.41) is 6.71. The van der Waals surface area contributed by atoms with Crippen LogP contribution in [0.15, 0.2) is 66.9 Å². The zero-order chi connectivity index (χ0) is 15.2. The lowest BCUT2D eigenvalue weighted by atomic mass is 10.1. The van der Waals surface area contributed by atoms with E-state index in [0.29, 0.717) is 12.1 Å². The third kappa shape index (κ3) is 3.41. The van der Waals surface area contributed by atoms with Crippen molar-refractivity contribution in [2.24, 2.45) is 0 Å². The zero-order valence-corrected chi connectivity index (χ0v) is 12.0. The van der Waals surface area contributed by atoms with Gasteiger partial charge >= 0.3 is 5.97 Å². The highest BCUT2D eigenvalue weighted by molar-refractivity contribution is 5.88. The summed E-state index contributed by atoms with van der Waals surface area (Å²) in [5.41, 5.74) is 3.34. The second kappa shape index (κ2) is 6.72. The van der Waals surface area contributed by atoms with Gasteiger partial charge in [0, 0.05) is 12.0 Å². The summed E-state index contributed by atoms with van der Waals surface area (Å²) < 4.78 is 5.34. The monoisotopic (exact) mass is 292 g/mol. The number of rotatable bonds is 5. The molecule has 0 spiro atoms. The van der Waals surface area contributed by atoms with Crippen molar-refractivity contribution in [1.29, 1.82) is 0 Å². The Labute approximate surface area is 128 Å². The van der Waals surface area contributed by atoms with E-state index in [1.807, 2.05) is 60.7 Å². The number of nitrogens with zero attached hydrogens (tertiary/aromatic N) is 1. The molecule has 0 saturated carbocycles. The van der Waals surface area contributed by atoms with Gasteiger partial charge in [0.25, 0.3) is 0 Å². The number of H-pyrrole nitrogens is 1. The summed E-state index contributed by atoms with van der Waals surface area (Å²) in [7, 11) is 0. The number of ether oxygens (including phenoxy) is 1. The van der Waals surface area contributed by atoms with Crippen LogP contribution in [0.4, 0.5) is 0 Å². The molecule has 1 N–H and O–H groups in total. The SMILES string of the molecule is O=C(OCc1ccccc1)c1[nH]ncc1Cc1ccccc1. The Kier molecular flexibility index (Phi) is 4.30.